The predicted molar refractivity (Wildman–Crippen MR) is 76.1 cm³/mol. The van der Waals surface area contributed by atoms with Crippen LogP contribution in [0.4, 0.5) is 10.5 Å². The van der Waals surface area contributed by atoms with Crippen molar-refractivity contribution in [3.63, 3.8) is 0 Å². The Morgan fingerprint density at radius 1 is 1.41 bits per heavy atom. The number of ether oxygens (including phenoxy) is 2. The van der Waals surface area contributed by atoms with Gasteiger partial charge in [0.05, 0.1) is 13.7 Å². The summed E-state index contributed by atoms with van der Waals surface area (Å²) >= 11 is 2.30. The average molecular weight is 349 g/mol. The monoisotopic (exact) mass is 349 g/mol. The Labute approximate surface area is 115 Å². The fourth-order valence-electron chi connectivity index (χ4n) is 1.14. The van der Waals surface area contributed by atoms with Crippen molar-refractivity contribution in [3.05, 3.63) is 24.3 Å². The third-order valence-electron chi connectivity index (χ3n) is 2.09. The Hall–Kier alpha value is -0.980. The molecular weight excluding hydrogens is 333 g/mol. The first-order chi connectivity index (χ1) is 8.11. The number of anilines is 1. The number of hydrogen-bond donors (Lipinski definition) is 1. The number of nitrogens with one attached hydrogen (secondary N) is 1. The molecule has 4 nitrogen and oxygen atoms in total. The molecule has 0 fully saturated rings. The molecule has 0 unspecified atom stereocenters. The SMILES string of the molecule is COc1ccc(NC(=O)OCC[C@@H](C)I)cc1. The number of benzene rings is 1. The molecule has 0 aliphatic rings. The molecule has 0 aromatic heterocycles. The molecular formula is C12H16INO3. The lowest BCUT2D eigenvalue weighted by molar-refractivity contribution is 0.160. The molecule has 0 saturated heterocycles. The van der Waals surface area contributed by atoms with Gasteiger partial charge in [-0.05, 0) is 30.7 Å². The summed E-state index contributed by atoms with van der Waals surface area (Å²) < 4.78 is 10.5. The average Bonchev–Trinajstić information content (AvgIpc) is 2.29. The van der Waals surface area contributed by atoms with E-state index >= 15 is 0 Å². The van der Waals surface area contributed by atoms with Crippen molar-refractivity contribution in [2.75, 3.05) is 19.0 Å². The maximum absolute atomic E-state index is 11.4. The van der Waals surface area contributed by atoms with Gasteiger partial charge in [-0.1, -0.05) is 29.5 Å². The summed E-state index contributed by atoms with van der Waals surface area (Å²) in [6.07, 6.45) is 0.434. The van der Waals surface area contributed by atoms with Crippen molar-refractivity contribution < 1.29 is 14.3 Å². The second-order valence-corrected chi connectivity index (χ2v) is 5.69. The van der Waals surface area contributed by atoms with Gasteiger partial charge in [-0.15, -0.1) is 0 Å². The smallest absolute Gasteiger partial charge is 0.411 e. The van der Waals surface area contributed by atoms with Gasteiger partial charge in [0, 0.05) is 9.61 Å². The highest BCUT2D eigenvalue weighted by Gasteiger charge is 2.04. The Morgan fingerprint density at radius 2 is 2.06 bits per heavy atom. The number of hydrogen-bond acceptors (Lipinski definition) is 3. The summed E-state index contributed by atoms with van der Waals surface area (Å²) in [4.78, 5) is 11.4. The van der Waals surface area contributed by atoms with Gasteiger partial charge in [0.25, 0.3) is 0 Å². The number of alkyl halides is 1. The summed E-state index contributed by atoms with van der Waals surface area (Å²) in [5.74, 6) is 0.752. The minimum absolute atomic E-state index is 0.424. The summed E-state index contributed by atoms with van der Waals surface area (Å²) in [5.41, 5.74) is 0.693. The first-order valence-corrected chi connectivity index (χ1v) is 6.58. The second-order valence-electron chi connectivity index (χ2n) is 3.56. The van der Waals surface area contributed by atoms with Crippen LogP contribution in [0, 0.1) is 0 Å². The lowest BCUT2D eigenvalue weighted by Crippen LogP contribution is -2.15. The fourth-order valence-corrected chi connectivity index (χ4v) is 1.40. The number of amides is 1. The lowest BCUT2D eigenvalue weighted by Gasteiger charge is -2.08. The molecule has 1 amide bonds. The summed E-state index contributed by atoms with van der Waals surface area (Å²) in [7, 11) is 1.60. The number of rotatable bonds is 5. The Bertz CT molecular complexity index is 351. The second kappa shape index (κ2) is 7.37. The van der Waals surface area contributed by atoms with Crippen LogP contribution in [0.1, 0.15) is 13.3 Å². The maximum Gasteiger partial charge on any atom is 0.411 e. The Balaban J connectivity index is 2.34. The van der Waals surface area contributed by atoms with E-state index in [-0.39, 0.29) is 0 Å². The van der Waals surface area contributed by atoms with Gasteiger partial charge in [-0.25, -0.2) is 4.79 Å². The first-order valence-electron chi connectivity index (χ1n) is 5.33. The third kappa shape index (κ3) is 5.76. The van der Waals surface area contributed by atoms with E-state index in [0.717, 1.165) is 12.2 Å². The Morgan fingerprint density at radius 3 is 2.59 bits per heavy atom. The lowest BCUT2D eigenvalue weighted by atomic mass is 10.3. The van der Waals surface area contributed by atoms with Crippen LogP contribution in [-0.4, -0.2) is 23.7 Å². The zero-order chi connectivity index (χ0) is 12.7. The summed E-state index contributed by atoms with van der Waals surface area (Å²) in [6.45, 7) is 2.51. The fraction of sp³-hybridized carbons (Fsp3) is 0.417. The first kappa shape index (κ1) is 14.1. The molecule has 0 saturated carbocycles. The molecule has 0 bridgehead atoms. The zero-order valence-electron chi connectivity index (χ0n) is 9.90. The number of halogens is 1. The van der Waals surface area contributed by atoms with E-state index in [1.54, 1.807) is 31.4 Å². The summed E-state index contributed by atoms with van der Waals surface area (Å²) in [6, 6.07) is 7.09. The number of carbonyl (C=O) groups is 1. The standard InChI is InChI=1S/C12H16INO3/c1-9(13)7-8-17-12(15)14-10-3-5-11(16-2)6-4-10/h3-6,9H,7-8H2,1-2H3,(H,14,15)/t9-/m1/s1. The molecule has 0 aliphatic carbocycles. The van der Waals surface area contributed by atoms with Crippen LogP contribution >= 0.6 is 22.6 Å². The molecule has 94 valence electrons. The van der Waals surface area contributed by atoms with E-state index in [9.17, 15) is 4.79 Å². The van der Waals surface area contributed by atoms with Crippen LogP contribution in [0.3, 0.4) is 0 Å². The van der Waals surface area contributed by atoms with Gasteiger partial charge in [0.2, 0.25) is 0 Å². The summed E-state index contributed by atoms with van der Waals surface area (Å²) in [5, 5.41) is 2.65. The molecule has 0 radical (unpaired) electrons. The molecule has 17 heavy (non-hydrogen) atoms. The van der Waals surface area contributed by atoms with Crippen LogP contribution in [0.15, 0.2) is 24.3 Å². The number of carbonyl (C=O) groups excluding carboxylic acids is 1. The minimum Gasteiger partial charge on any atom is -0.497 e. The van der Waals surface area contributed by atoms with Crippen LogP contribution in [0.2, 0.25) is 0 Å². The van der Waals surface area contributed by atoms with Crippen LogP contribution < -0.4 is 10.1 Å². The van der Waals surface area contributed by atoms with Crippen molar-refractivity contribution in [2.24, 2.45) is 0 Å². The number of methoxy groups -OCH3 is 1. The van der Waals surface area contributed by atoms with Gasteiger partial charge in [-0.3, -0.25) is 5.32 Å². The predicted octanol–water partition coefficient (Wildman–Crippen LogP) is 3.46. The van der Waals surface area contributed by atoms with Gasteiger partial charge in [0.15, 0.2) is 0 Å². The van der Waals surface area contributed by atoms with Crippen molar-refractivity contribution in [2.45, 2.75) is 17.3 Å². The van der Waals surface area contributed by atoms with Crippen LogP contribution in [0.25, 0.3) is 0 Å². The topological polar surface area (TPSA) is 47.6 Å². The molecule has 5 heteroatoms. The molecule has 1 atom stereocenters. The molecule has 1 N–H and O–H groups in total. The highest BCUT2D eigenvalue weighted by Crippen LogP contribution is 2.15. The van der Waals surface area contributed by atoms with Crippen LogP contribution in [0.5, 0.6) is 5.75 Å². The van der Waals surface area contributed by atoms with Crippen molar-refractivity contribution in [1.29, 1.82) is 0 Å². The largest absolute Gasteiger partial charge is 0.497 e. The molecule has 0 heterocycles. The quantitative estimate of drug-likeness (QED) is 0.654. The molecule has 1 aromatic carbocycles. The maximum atomic E-state index is 11.4. The zero-order valence-corrected chi connectivity index (χ0v) is 12.1. The molecule has 0 spiro atoms. The van der Waals surface area contributed by atoms with Crippen molar-refractivity contribution in [1.82, 2.24) is 0 Å². The van der Waals surface area contributed by atoms with Crippen LogP contribution in [-0.2, 0) is 4.74 Å². The molecule has 0 aliphatic heterocycles. The van der Waals surface area contributed by atoms with Crippen molar-refractivity contribution in [3.8, 4) is 5.75 Å². The molecule has 1 aromatic rings. The normalized spacial score (nSPS) is 11.7. The van der Waals surface area contributed by atoms with Gasteiger partial charge < -0.3 is 9.47 Å². The van der Waals surface area contributed by atoms with Crippen molar-refractivity contribution >= 4 is 34.4 Å². The van der Waals surface area contributed by atoms with Gasteiger partial charge in [0.1, 0.15) is 5.75 Å². The molecule has 1 rings (SSSR count). The van der Waals surface area contributed by atoms with Gasteiger partial charge >= 0.3 is 6.09 Å². The van der Waals surface area contributed by atoms with E-state index in [2.05, 4.69) is 34.8 Å². The van der Waals surface area contributed by atoms with E-state index in [0.29, 0.717) is 16.2 Å². The van der Waals surface area contributed by atoms with E-state index in [4.69, 9.17) is 9.47 Å². The highest BCUT2D eigenvalue weighted by molar-refractivity contribution is 14.1. The van der Waals surface area contributed by atoms with Gasteiger partial charge in [-0.2, -0.15) is 0 Å². The van der Waals surface area contributed by atoms with E-state index in [1.807, 2.05) is 0 Å². The third-order valence-corrected chi connectivity index (χ3v) is 2.71. The van der Waals surface area contributed by atoms with E-state index in [1.165, 1.54) is 0 Å². The minimum atomic E-state index is -0.424. The van der Waals surface area contributed by atoms with E-state index < -0.39 is 6.09 Å². The Kier molecular flexibility index (Phi) is 6.10. The highest BCUT2D eigenvalue weighted by atomic mass is 127.